The van der Waals surface area contributed by atoms with Gasteiger partial charge in [-0.2, -0.15) is 0 Å². The number of hydrogen-bond acceptors (Lipinski definition) is 4. The van der Waals surface area contributed by atoms with Crippen molar-refractivity contribution in [3.05, 3.63) is 48.6 Å². The van der Waals surface area contributed by atoms with Gasteiger partial charge in [-0.25, -0.2) is 4.39 Å². The van der Waals surface area contributed by atoms with Gasteiger partial charge in [0.25, 0.3) is 0 Å². The summed E-state index contributed by atoms with van der Waals surface area (Å²) in [6, 6.07) is 6.28. The fourth-order valence-corrected chi connectivity index (χ4v) is 4.09. The Morgan fingerprint density at radius 3 is 2.96 bits per heavy atom. The van der Waals surface area contributed by atoms with Gasteiger partial charge in [-0.15, -0.1) is 0 Å². The summed E-state index contributed by atoms with van der Waals surface area (Å²) >= 11 is 0. The van der Waals surface area contributed by atoms with Crippen molar-refractivity contribution in [2.75, 3.05) is 6.54 Å². The molecule has 1 aliphatic rings. The molecule has 0 spiro atoms. The van der Waals surface area contributed by atoms with Gasteiger partial charge in [-0.05, 0) is 48.9 Å². The lowest BCUT2D eigenvalue weighted by molar-refractivity contribution is -0.126. The van der Waals surface area contributed by atoms with Crippen LogP contribution in [0.25, 0.3) is 10.9 Å². The second kappa shape index (κ2) is 8.59. The molecule has 1 amide bonds. The highest BCUT2D eigenvalue weighted by Crippen LogP contribution is 2.39. The summed E-state index contributed by atoms with van der Waals surface area (Å²) < 4.78 is 19.9. The molecule has 1 aromatic heterocycles. The maximum atomic E-state index is 13.7. The first-order valence-corrected chi connectivity index (χ1v) is 9.77. The van der Waals surface area contributed by atoms with E-state index in [1.54, 1.807) is 18.3 Å². The third-order valence-corrected chi connectivity index (χ3v) is 5.66. The Balaban J connectivity index is 1.65. The Bertz CT molecular complexity index is 870. The fourth-order valence-electron chi connectivity index (χ4n) is 4.09. The maximum Gasteiger partial charge on any atom is 0.223 e. The van der Waals surface area contributed by atoms with E-state index >= 15 is 0 Å². The first kappa shape index (κ1) is 20.1. The molecular weight excluding hydrogens is 357 g/mol. The highest BCUT2D eigenvalue weighted by atomic mass is 19.1. The number of halogens is 1. The molecule has 0 bridgehead atoms. The summed E-state index contributed by atoms with van der Waals surface area (Å²) in [5.41, 5.74) is 6.82. The number of fused-ring (bicyclic) bond motifs is 1. The van der Waals surface area contributed by atoms with Crippen molar-refractivity contribution in [3.8, 4) is 5.75 Å². The third-order valence-electron chi connectivity index (χ3n) is 5.66. The van der Waals surface area contributed by atoms with Gasteiger partial charge >= 0.3 is 0 Å². The zero-order valence-corrected chi connectivity index (χ0v) is 16.5. The molecule has 1 aliphatic carbocycles. The molecule has 1 fully saturated rings. The SMILES string of the molecule is C=C(N)CCNC(=O)C(C)C1CC(Oc2ccnc3ccc(F)cc23)CC1C. The average molecular weight is 385 g/mol. The largest absolute Gasteiger partial charge is 0.490 e. The van der Waals surface area contributed by atoms with Crippen LogP contribution in [0.3, 0.4) is 0 Å². The van der Waals surface area contributed by atoms with Crippen molar-refractivity contribution >= 4 is 16.8 Å². The quantitative estimate of drug-likeness (QED) is 0.760. The van der Waals surface area contributed by atoms with Crippen LogP contribution in [-0.2, 0) is 4.79 Å². The number of hydrogen-bond donors (Lipinski definition) is 2. The number of ether oxygens (including phenoxy) is 1. The van der Waals surface area contributed by atoms with Crippen molar-refractivity contribution in [1.29, 1.82) is 0 Å². The summed E-state index contributed by atoms with van der Waals surface area (Å²) in [6.45, 7) is 8.28. The van der Waals surface area contributed by atoms with Crippen molar-refractivity contribution in [2.45, 2.75) is 39.2 Å². The molecule has 1 aromatic carbocycles. The van der Waals surface area contributed by atoms with Crippen LogP contribution < -0.4 is 15.8 Å². The van der Waals surface area contributed by atoms with E-state index in [0.29, 0.717) is 41.2 Å². The van der Waals surface area contributed by atoms with Crippen LogP contribution in [-0.4, -0.2) is 23.5 Å². The lowest BCUT2D eigenvalue weighted by atomic mass is 9.85. The van der Waals surface area contributed by atoms with E-state index in [9.17, 15) is 9.18 Å². The van der Waals surface area contributed by atoms with Crippen LogP contribution in [0.2, 0.25) is 0 Å². The molecular formula is C22H28FN3O2. The molecule has 6 heteroatoms. The molecule has 4 atom stereocenters. The van der Waals surface area contributed by atoms with Crippen molar-refractivity contribution in [1.82, 2.24) is 10.3 Å². The lowest BCUT2D eigenvalue weighted by Gasteiger charge is -2.22. The van der Waals surface area contributed by atoms with E-state index in [1.807, 2.05) is 6.92 Å². The minimum atomic E-state index is -0.312. The number of carbonyl (C=O) groups excluding carboxylic acids is 1. The predicted octanol–water partition coefficient (Wildman–Crippen LogP) is 3.78. The van der Waals surface area contributed by atoms with Gasteiger partial charge in [0.15, 0.2) is 0 Å². The van der Waals surface area contributed by atoms with E-state index < -0.39 is 0 Å². The van der Waals surface area contributed by atoms with Gasteiger partial charge in [0.1, 0.15) is 11.6 Å². The van der Waals surface area contributed by atoms with E-state index in [0.717, 1.165) is 12.8 Å². The molecule has 3 rings (SSSR count). The number of amides is 1. The highest BCUT2D eigenvalue weighted by Gasteiger charge is 2.38. The second-order valence-electron chi connectivity index (χ2n) is 7.81. The number of pyridine rings is 1. The highest BCUT2D eigenvalue weighted by molar-refractivity contribution is 5.84. The van der Waals surface area contributed by atoms with Crippen LogP contribution in [0.15, 0.2) is 42.7 Å². The Morgan fingerprint density at radius 2 is 2.21 bits per heavy atom. The minimum absolute atomic E-state index is 0.00654. The molecule has 0 saturated heterocycles. The lowest BCUT2D eigenvalue weighted by Crippen LogP contribution is -2.35. The van der Waals surface area contributed by atoms with Crippen LogP contribution in [0, 0.1) is 23.6 Å². The van der Waals surface area contributed by atoms with Gasteiger partial charge in [0, 0.05) is 36.2 Å². The molecule has 1 heterocycles. The summed E-state index contributed by atoms with van der Waals surface area (Å²) in [4.78, 5) is 16.7. The minimum Gasteiger partial charge on any atom is -0.490 e. The first-order chi connectivity index (χ1) is 13.3. The standard InChI is InChI=1S/C22H28FN3O2/c1-13-10-17(12-18(13)15(3)22(27)26-8-6-14(2)24)28-21-7-9-25-20-5-4-16(23)11-19(20)21/h4-5,7,9,11,13,15,17-18H,2,6,8,10,12,24H2,1,3H3,(H,26,27). The van der Waals surface area contributed by atoms with Crippen molar-refractivity contribution in [2.24, 2.45) is 23.5 Å². The number of aromatic nitrogens is 1. The number of carbonyl (C=O) groups is 1. The molecule has 150 valence electrons. The van der Waals surface area contributed by atoms with Gasteiger partial charge in [0.05, 0.1) is 11.6 Å². The zero-order chi connectivity index (χ0) is 20.3. The molecule has 0 aliphatic heterocycles. The van der Waals surface area contributed by atoms with Crippen LogP contribution in [0.4, 0.5) is 4.39 Å². The van der Waals surface area contributed by atoms with E-state index in [1.165, 1.54) is 12.1 Å². The normalized spacial score (nSPS) is 22.8. The van der Waals surface area contributed by atoms with E-state index in [-0.39, 0.29) is 29.7 Å². The van der Waals surface area contributed by atoms with Gasteiger partial charge in [0.2, 0.25) is 5.91 Å². The summed E-state index contributed by atoms with van der Waals surface area (Å²) in [5.74, 6) is 0.849. The van der Waals surface area contributed by atoms with Crippen LogP contribution in [0.1, 0.15) is 33.1 Å². The molecule has 28 heavy (non-hydrogen) atoms. The summed E-state index contributed by atoms with van der Waals surface area (Å²) in [5, 5.41) is 3.61. The third kappa shape index (κ3) is 4.61. The Labute approximate surface area is 165 Å². The Hall–Kier alpha value is -2.63. The molecule has 5 nitrogen and oxygen atoms in total. The average Bonchev–Trinajstić information content (AvgIpc) is 3.01. The number of nitrogens with two attached hydrogens (primary N) is 1. The smallest absolute Gasteiger partial charge is 0.223 e. The maximum absolute atomic E-state index is 13.7. The van der Waals surface area contributed by atoms with Crippen LogP contribution >= 0.6 is 0 Å². The number of nitrogens with zero attached hydrogens (tertiary/aromatic N) is 1. The van der Waals surface area contributed by atoms with Crippen LogP contribution in [0.5, 0.6) is 5.75 Å². The second-order valence-corrected chi connectivity index (χ2v) is 7.81. The summed E-state index contributed by atoms with van der Waals surface area (Å²) in [7, 11) is 0. The molecule has 0 radical (unpaired) electrons. The Kier molecular flexibility index (Phi) is 6.17. The molecule has 4 unspecified atom stereocenters. The fraction of sp³-hybridized carbons (Fsp3) is 0.455. The van der Waals surface area contributed by atoms with E-state index in [4.69, 9.17) is 10.5 Å². The molecule has 1 saturated carbocycles. The number of nitrogens with one attached hydrogen (secondary N) is 1. The predicted molar refractivity (Wildman–Crippen MR) is 108 cm³/mol. The Morgan fingerprint density at radius 1 is 1.43 bits per heavy atom. The van der Waals surface area contributed by atoms with Gasteiger partial charge < -0.3 is 15.8 Å². The number of rotatable bonds is 7. The van der Waals surface area contributed by atoms with Gasteiger partial charge in [-0.1, -0.05) is 20.4 Å². The first-order valence-electron chi connectivity index (χ1n) is 9.77. The molecule has 3 N–H and O–H groups in total. The van der Waals surface area contributed by atoms with Gasteiger partial charge in [-0.3, -0.25) is 9.78 Å². The van der Waals surface area contributed by atoms with Crippen molar-refractivity contribution < 1.29 is 13.9 Å². The summed E-state index contributed by atoms with van der Waals surface area (Å²) in [6.07, 6.45) is 3.90. The topological polar surface area (TPSA) is 77.2 Å². The zero-order valence-electron chi connectivity index (χ0n) is 16.5. The molecule has 2 aromatic rings. The number of benzene rings is 1. The monoisotopic (exact) mass is 385 g/mol. The van der Waals surface area contributed by atoms with E-state index in [2.05, 4.69) is 23.8 Å². The van der Waals surface area contributed by atoms with Crippen molar-refractivity contribution in [3.63, 3.8) is 0 Å².